The molecular weight excluding hydrogens is 779 g/mol. The third kappa shape index (κ3) is 8.05. The number of aromatic nitrogens is 3. The summed E-state index contributed by atoms with van der Waals surface area (Å²) in [5.41, 5.74) is 21.0. The molecule has 9 aromatic rings. The second-order valence-corrected chi connectivity index (χ2v) is 19.6. The molecule has 0 aliphatic carbocycles. The lowest BCUT2D eigenvalue weighted by molar-refractivity contribution is 0.472. The molecule has 0 atom stereocenters. The summed E-state index contributed by atoms with van der Waals surface area (Å²) in [5.74, 6) is 0.916. The van der Waals surface area contributed by atoms with Crippen molar-refractivity contribution in [2.45, 2.75) is 80.1 Å². The van der Waals surface area contributed by atoms with Gasteiger partial charge in [-0.25, -0.2) is 4.98 Å². The highest BCUT2D eigenvalue weighted by molar-refractivity contribution is 5.98. The number of aromatic hydroxyl groups is 1. The largest absolute Gasteiger partial charge is 0.507 e. The molecule has 2 heterocycles. The van der Waals surface area contributed by atoms with Crippen molar-refractivity contribution in [2.24, 2.45) is 0 Å². The van der Waals surface area contributed by atoms with Crippen molar-refractivity contribution in [1.82, 2.24) is 14.5 Å². The Hall–Kier alpha value is -7.04. The number of rotatable bonds is 7. The molecule has 0 saturated heterocycles. The fraction of sp³-hybridized carbons (Fsp3) is 0.200. The average molecular weight is 836 g/mol. The van der Waals surface area contributed by atoms with Crippen LogP contribution < -0.4 is 0 Å². The molecule has 0 aliphatic rings. The number of imidazole rings is 1. The van der Waals surface area contributed by atoms with Crippen LogP contribution in [0.25, 0.3) is 83.9 Å². The molecule has 0 radical (unpaired) electrons. The van der Waals surface area contributed by atoms with Gasteiger partial charge in [0.05, 0.1) is 28.0 Å². The minimum atomic E-state index is -0.141. The predicted octanol–water partition coefficient (Wildman–Crippen LogP) is 16.0. The molecule has 9 rings (SSSR count). The average Bonchev–Trinajstić information content (AvgIpc) is 3.67. The summed E-state index contributed by atoms with van der Waals surface area (Å²) in [6.45, 7) is 21.9. The Bertz CT molecular complexity index is 3190. The number of benzene rings is 7. The van der Waals surface area contributed by atoms with E-state index in [4.69, 9.17) is 9.97 Å². The zero-order chi connectivity index (χ0) is 45.1. The maximum absolute atomic E-state index is 11.9. The van der Waals surface area contributed by atoms with Crippen molar-refractivity contribution < 1.29 is 5.11 Å². The van der Waals surface area contributed by atoms with Gasteiger partial charge in [-0.2, -0.15) is 0 Å². The molecule has 0 fully saturated rings. The Morgan fingerprint density at radius 1 is 0.453 bits per heavy atom. The number of phenols is 1. The van der Waals surface area contributed by atoms with Gasteiger partial charge in [0.1, 0.15) is 11.6 Å². The maximum Gasteiger partial charge on any atom is 0.149 e. The number of hydrogen-bond donors (Lipinski definition) is 1. The van der Waals surface area contributed by atoms with Crippen molar-refractivity contribution in [3.8, 4) is 78.6 Å². The summed E-state index contributed by atoms with van der Waals surface area (Å²) in [7, 11) is 0. The third-order valence-electron chi connectivity index (χ3n) is 12.7. The van der Waals surface area contributed by atoms with Crippen LogP contribution in [0.5, 0.6) is 5.75 Å². The van der Waals surface area contributed by atoms with Crippen LogP contribution >= 0.6 is 0 Å². The monoisotopic (exact) mass is 835 g/mol. The van der Waals surface area contributed by atoms with Crippen LogP contribution in [-0.2, 0) is 10.8 Å². The Morgan fingerprint density at radius 3 is 1.83 bits per heavy atom. The summed E-state index contributed by atoms with van der Waals surface area (Å²) in [6, 6.07) is 54.7. The number of phenolic OH excluding ortho intramolecular Hbond substituents is 1. The zero-order valence-electron chi connectivity index (χ0n) is 38.8. The molecule has 0 aliphatic heterocycles. The fourth-order valence-corrected chi connectivity index (χ4v) is 8.95. The van der Waals surface area contributed by atoms with Gasteiger partial charge in [0.15, 0.2) is 0 Å². The third-order valence-corrected chi connectivity index (χ3v) is 12.7. The van der Waals surface area contributed by atoms with Gasteiger partial charge in [-0.15, -0.1) is 0 Å². The molecule has 0 saturated carbocycles. The van der Waals surface area contributed by atoms with Crippen molar-refractivity contribution in [1.29, 1.82) is 0 Å². The summed E-state index contributed by atoms with van der Waals surface area (Å²) in [4.78, 5) is 10.6. The van der Waals surface area contributed by atoms with Crippen LogP contribution in [-0.4, -0.2) is 19.6 Å². The lowest BCUT2D eigenvalue weighted by atomic mass is 9.83. The van der Waals surface area contributed by atoms with Crippen molar-refractivity contribution in [3.05, 3.63) is 191 Å². The van der Waals surface area contributed by atoms with Gasteiger partial charge in [-0.1, -0.05) is 150 Å². The predicted molar refractivity (Wildman–Crippen MR) is 269 cm³/mol. The smallest absolute Gasteiger partial charge is 0.149 e. The van der Waals surface area contributed by atoms with Gasteiger partial charge < -0.3 is 5.11 Å². The molecular formula is C60H57N3O. The molecule has 7 aromatic carbocycles. The number of para-hydroxylation sites is 1. The Balaban J connectivity index is 1.33. The SMILES string of the molecule is Cc1ccc(-c2ccnc(-c3cc(-c4cccc5c4nc(-c4cc(C)cc(C)c4O)n5-c4cc(C)c(-c5ccccc5)cc4-c4ccc(C(C)(C)C)cc4)cc(C(C)(C)C)c3)c2)cc1. The van der Waals surface area contributed by atoms with Crippen molar-refractivity contribution in [3.63, 3.8) is 0 Å². The van der Waals surface area contributed by atoms with Gasteiger partial charge in [-0.3, -0.25) is 9.55 Å². The van der Waals surface area contributed by atoms with Crippen LogP contribution in [0.3, 0.4) is 0 Å². The maximum atomic E-state index is 11.9. The highest BCUT2D eigenvalue weighted by Crippen LogP contribution is 2.44. The number of hydrogen-bond acceptors (Lipinski definition) is 3. The second kappa shape index (κ2) is 16.3. The van der Waals surface area contributed by atoms with E-state index in [2.05, 4.69) is 212 Å². The lowest BCUT2D eigenvalue weighted by Crippen LogP contribution is -2.11. The Morgan fingerprint density at radius 2 is 1.12 bits per heavy atom. The first-order chi connectivity index (χ1) is 30.5. The van der Waals surface area contributed by atoms with Gasteiger partial charge in [0.25, 0.3) is 0 Å². The van der Waals surface area contributed by atoms with Gasteiger partial charge >= 0.3 is 0 Å². The first kappa shape index (κ1) is 42.3. The van der Waals surface area contributed by atoms with E-state index in [1.54, 1.807) is 0 Å². The highest BCUT2D eigenvalue weighted by atomic mass is 16.3. The molecule has 4 heteroatoms. The van der Waals surface area contributed by atoms with E-state index in [0.29, 0.717) is 11.4 Å². The standard InChI is InChI=1S/C60H57N3O/c1-37-19-21-41(22-20-37)44-27-28-61-53(35-44)46-32-45(33-48(34-46)60(8,9)10)49-17-14-18-54-56(49)62-58(52-30-38(2)29-40(4)57(52)64)63(54)55-31-39(3)50(42-15-12-11-13-16-42)36-51(55)43-23-25-47(26-24-43)59(5,6)7/h11-36,64H,1-10H3. The molecule has 0 amide bonds. The number of nitrogens with zero attached hydrogens (tertiary/aromatic N) is 3. The number of pyridine rings is 1. The van der Waals surface area contributed by atoms with Crippen LogP contribution in [0.4, 0.5) is 0 Å². The molecule has 0 spiro atoms. The van der Waals surface area contributed by atoms with E-state index in [1.165, 1.54) is 22.3 Å². The van der Waals surface area contributed by atoms with Crippen LogP contribution in [0.2, 0.25) is 0 Å². The molecule has 64 heavy (non-hydrogen) atoms. The van der Waals surface area contributed by atoms with Crippen LogP contribution in [0.1, 0.15) is 74.9 Å². The zero-order valence-corrected chi connectivity index (χ0v) is 38.8. The topological polar surface area (TPSA) is 50.9 Å². The first-order valence-corrected chi connectivity index (χ1v) is 22.4. The Labute approximate surface area is 379 Å². The van der Waals surface area contributed by atoms with E-state index in [-0.39, 0.29) is 16.6 Å². The normalized spacial score (nSPS) is 12.0. The molecule has 4 nitrogen and oxygen atoms in total. The summed E-state index contributed by atoms with van der Waals surface area (Å²) in [5, 5.41) is 11.9. The Kier molecular flexibility index (Phi) is 10.7. The van der Waals surface area contributed by atoms with E-state index in [9.17, 15) is 5.11 Å². The van der Waals surface area contributed by atoms with Crippen molar-refractivity contribution >= 4 is 11.0 Å². The number of aryl methyl sites for hydroxylation is 4. The molecule has 0 unspecified atom stereocenters. The van der Waals surface area contributed by atoms with E-state index < -0.39 is 0 Å². The van der Waals surface area contributed by atoms with Crippen LogP contribution in [0, 0.1) is 27.7 Å². The van der Waals surface area contributed by atoms with E-state index >= 15 is 0 Å². The lowest BCUT2D eigenvalue weighted by Gasteiger charge is -2.22. The van der Waals surface area contributed by atoms with E-state index in [0.717, 1.165) is 83.6 Å². The van der Waals surface area contributed by atoms with Crippen LogP contribution in [0.15, 0.2) is 158 Å². The van der Waals surface area contributed by atoms with Crippen molar-refractivity contribution in [2.75, 3.05) is 0 Å². The van der Waals surface area contributed by atoms with Gasteiger partial charge in [0.2, 0.25) is 0 Å². The molecule has 0 bridgehead atoms. The van der Waals surface area contributed by atoms with Gasteiger partial charge in [-0.05, 0) is 148 Å². The minimum Gasteiger partial charge on any atom is -0.507 e. The molecule has 2 aromatic heterocycles. The summed E-state index contributed by atoms with van der Waals surface area (Å²) >= 11 is 0. The second-order valence-electron chi connectivity index (χ2n) is 19.6. The quantitative estimate of drug-likeness (QED) is 0.174. The summed E-state index contributed by atoms with van der Waals surface area (Å²) < 4.78 is 2.28. The van der Waals surface area contributed by atoms with Gasteiger partial charge in [0, 0.05) is 22.9 Å². The fourth-order valence-electron chi connectivity index (χ4n) is 8.95. The van der Waals surface area contributed by atoms with E-state index in [1.807, 2.05) is 19.2 Å². The highest BCUT2D eigenvalue weighted by Gasteiger charge is 2.25. The number of fused-ring (bicyclic) bond motifs is 1. The first-order valence-electron chi connectivity index (χ1n) is 22.4. The minimum absolute atomic E-state index is 0.0125. The summed E-state index contributed by atoms with van der Waals surface area (Å²) in [6.07, 6.45) is 1.91. The molecule has 1 N–H and O–H groups in total. The molecule has 318 valence electrons.